The zero-order valence-electron chi connectivity index (χ0n) is 13.9. The summed E-state index contributed by atoms with van der Waals surface area (Å²) in [6.45, 7) is 5.88. The molecule has 0 unspecified atom stereocenters. The predicted octanol–water partition coefficient (Wildman–Crippen LogP) is 3.13. The highest BCUT2D eigenvalue weighted by atomic mass is 16.5. The van der Waals surface area contributed by atoms with E-state index in [1.54, 1.807) is 0 Å². The fraction of sp³-hybridized carbons (Fsp3) is 0.444. The molecule has 0 aliphatic carbocycles. The Balaban J connectivity index is 1.90. The van der Waals surface area contributed by atoms with E-state index in [4.69, 9.17) is 4.74 Å². The van der Waals surface area contributed by atoms with Gasteiger partial charge < -0.3 is 14.2 Å². The first-order valence-corrected chi connectivity index (χ1v) is 8.05. The third kappa shape index (κ3) is 2.96. The lowest BCUT2D eigenvalue weighted by Crippen LogP contribution is -2.34. The number of carbonyl (C=O) groups excluding carboxylic acids is 1. The van der Waals surface area contributed by atoms with E-state index in [0.717, 1.165) is 36.6 Å². The smallest absolute Gasteiger partial charge is 0.313 e. The van der Waals surface area contributed by atoms with Crippen molar-refractivity contribution in [1.82, 2.24) is 9.55 Å². The van der Waals surface area contributed by atoms with Crippen LogP contribution in [0.15, 0.2) is 36.7 Å². The average molecular weight is 313 g/mol. The summed E-state index contributed by atoms with van der Waals surface area (Å²) in [7, 11) is 1.46. The van der Waals surface area contributed by atoms with E-state index in [-0.39, 0.29) is 11.9 Å². The van der Waals surface area contributed by atoms with E-state index in [9.17, 15) is 4.79 Å². The first-order valence-electron chi connectivity index (χ1n) is 8.05. The van der Waals surface area contributed by atoms with Gasteiger partial charge in [-0.3, -0.25) is 4.79 Å². The van der Waals surface area contributed by atoms with E-state index in [1.165, 1.54) is 7.11 Å². The number of methoxy groups -OCH3 is 1. The molecule has 0 fully saturated rings. The summed E-state index contributed by atoms with van der Waals surface area (Å²) in [4.78, 5) is 18.8. The third-order valence-electron chi connectivity index (χ3n) is 4.46. The molecule has 3 rings (SSSR count). The van der Waals surface area contributed by atoms with Crippen LogP contribution in [-0.4, -0.2) is 29.2 Å². The molecule has 1 aliphatic heterocycles. The summed E-state index contributed by atoms with van der Waals surface area (Å²) >= 11 is 0. The van der Waals surface area contributed by atoms with Gasteiger partial charge in [0.05, 0.1) is 19.6 Å². The summed E-state index contributed by atoms with van der Waals surface area (Å²) in [5, 5.41) is 0. The van der Waals surface area contributed by atoms with Crippen LogP contribution in [0.4, 0.5) is 5.69 Å². The van der Waals surface area contributed by atoms with Crippen molar-refractivity contribution in [1.29, 1.82) is 0 Å². The number of nitrogens with zero attached hydrogens (tertiary/aromatic N) is 3. The number of hydrogen-bond donors (Lipinski definition) is 0. The van der Waals surface area contributed by atoms with Crippen molar-refractivity contribution in [2.24, 2.45) is 0 Å². The van der Waals surface area contributed by atoms with Gasteiger partial charge in [-0.1, -0.05) is 18.2 Å². The number of carbonyl (C=O) groups is 1. The molecule has 1 aliphatic rings. The molecule has 1 atom stereocenters. The van der Waals surface area contributed by atoms with Crippen LogP contribution in [0, 0.1) is 0 Å². The fourth-order valence-electron chi connectivity index (χ4n) is 3.29. The Morgan fingerprint density at radius 1 is 1.39 bits per heavy atom. The Kier molecular flexibility index (Phi) is 4.37. The lowest BCUT2D eigenvalue weighted by Gasteiger charge is -2.34. The number of ether oxygens (including phenoxy) is 1. The van der Waals surface area contributed by atoms with Crippen LogP contribution in [0.1, 0.15) is 43.6 Å². The summed E-state index contributed by atoms with van der Waals surface area (Å²) in [5.41, 5.74) is 2.15. The molecule has 23 heavy (non-hydrogen) atoms. The Morgan fingerprint density at radius 2 is 2.17 bits per heavy atom. The minimum Gasteiger partial charge on any atom is -0.469 e. The number of imidazole rings is 1. The van der Waals surface area contributed by atoms with Gasteiger partial charge >= 0.3 is 5.97 Å². The molecule has 1 aromatic heterocycles. The molecule has 0 amide bonds. The standard InChI is InChI=1S/C18H23N3O2/c1-13(2)21-11-9-19-17(21)12-20-10-8-15(18(22)23-3)14-6-4-5-7-16(14)20/h4-7,9,11,13,15H,8,10,12H2,1-3H3/t15-/m0/s1. The second-order valence-corrected chi connectivity index (χ2v) is 6.19. The van der Waals surface area contributed by atoms with Crippen molar-refractivity contribution in [3.8, 4) is 0 Å². The van der Waals surface area contributed by atoms with E-state index >= 15 is 0 Å². The molecular weight excluding hydrogens is 290 g/mol. The molecule has 122 valence electrons. The maximum atomic E-state index is 12.0. The van der Waals surface area contributed by atoms with Crippen molar-refractivity contribution in [2.75, 3.05) is 18.6 Å². The Hall–Kier alpha value is -2.30. The molecule has 2 heterocycles. The van der Waals surface area contributed by atoms with Gasteiger partial charge in [0.1, 0.15) is 5.82 Å². The van der Waals surface area contributed by atoms with Gasteiger partial charge in [-0.2, -0.15) is 0 Å². The quantitative estimate of drug-likeness (QED) is 0.814. The van der Waals surface area contributed by atoms with Gasteiger partial charge in [0.2, 0.25) is 0 Å². The number of fused-ring (bicyclic) bond motifs is 1. The maximum absolute atomic E-state index is 12.0. The van der Waals surface area contributed by atoms with Gasteiger partial charge in [-0.25, -0.2) is 4.98 Å². The summed E-state index contributed by atoms with van der Waals surface area (Å²) in [5.74, 6) is 0.726. The van der Waals surface area contributed by atoms with Crippen LogP contribution < -0.4 is 4.90 Å². The van der Waals surface area contributed by atoms with E-state index < -0.39 is 0 Å². The number of aromatic nitrogens is 2. The molecule has 0 N–H and O–H groups in total. The highest BCUT2D eigenvalue weighted by molar-refractivity contribution is 5.81. The lowest BCUT2D eigenvalue weighted by atomic mass is 9.90. The summed E-state index contributed by atoms with van der Waals surface area (Å²) in [6, 6.07) is 8.48. The second-order valence-electron chi connectivity index (χ2n) is 6.19. The predicted molar refractivity (Wildman–Crippen MR) is 89.5 cm³/mol. The molecule has 2 aromatic rings. The molecular formula is C18H23N3O2. The number of hydrogen-bond acceptors (Lipinski definition) is 4. The van der Waals surface area contributed by atoms with Crippen molar-refractivity contribution in [3.05, 3.63) is 48.0 Å². The molecule has 0 saturated heterocycles. The van der Waals surface area contributed by atoms with Gasteiger partial charge in [0.15, 0.2) is 0 Å². The minimum atomic E-state index is -0.169. The van der Waals surface area contributed by atoms with Crippen molar-refractivity contribution >= 4 is 11.7 Å². The van der Waals surface area contributed by atoms with Gasteiger partial charge in [0, 0.05) is 30.7 Å². The van der Waals surface area contributed by atoms with Crippen molar-refractivity contribution in [2.45, 2.75) is 38.8 Å². The van der Waals surface area contributed by atoms with Crippen molar-refractivity contribution in [3.63, 3.8) is 0 Å². The molecule has 5 nitrogen and oxygen atoms in total. The lowest BCUT2D eigenvalue weighted by molar-refractivity contribution is -0.142. The molecule has 0 radical (unpaired) electrons. The Morgan fingerprint density at radius 3 is 2.91 bits per heavy atom. The van der Waals surface area contributed by atoms with Crippen molar-refractivity contribution < 1.29 is 9.53 Å². The SMILES string of the molecule is COC(=O)[C@H]1CCN(Cc2nccn2C(C)C)c2ccccc21. The molecule has 0 saturated carbocycles. The van der Waals surface area contributed by atoms with Crippen LogP contribution in [0.2, 0.25) is 0 Å². The first kappa shape index (κ1) is 15.6. The second kappa shape index (κ2) is 6.44. The van der Waals surface area contributed by atoms with Crippen LogP contribution in [0.25, 0.3) is 0 Å². The normalized spacial score (nSPS) is 17.2. The minimum absolute atomic E-state index is 0.152. The van der Waals surface area contributed by atoms with Crippen LogP contribution >= 0.6 is 0 Å². The summed E-state index contributed by atoms with van der Waals surface area (Å²) < 4.78 is 7.15. The molecule has 0 bridgehead atoms. The van der Waals surface area contributed by atoms with E-state index in [2.05, 4.69) is 34.4 Å². The van der Waals surface area contributed by atoms with Crippen LogP contribution in [-0.2, 0) is 16.1 Å². The van der Waals surface area contributed by atoms with E-state index in [0.29, 0.717) is 6.04 Å². The van der Waals surface area contributed by atoms with Gasteiger partial charge in [0.25, 0.3) is 0 Å². The molecule has 0 spiro atoms. The largest absolute Gasteiger partial charge is 0.469 e. The maximum Gasteiger partial charge on any atom is 0.313 e. The van der Waals surface area contributed by atoms with Gasteiger partial charge in [-0.15, -0.1) is 0 Å². The van der Waals surface area contributed by atoms with E-state index in [1.807, 2.05) is 30.6 Å². The Labute approximate surface area is 136 Å². The number of anilines is 1. The third-order valence-corrected chi connectivity index (χ3v) is 4.46. The van der Waals surface area contributed by atoms with Crippen LogP contribution in [0.3, 0.4) is 0 Å². The Bertz CT molecular complexity index is 693. The van der Waals surface area contributed by atoms with Gasteiger partial charge in [-0.05, 0) is 31.9 Å². The number of para-hydroxylation sites is 1. The summed E-state index contributed by atoms with van der Waals surface area (Å²) in [6.07, 6.45) is 4.64. The van der Waals surface area contributed by atoms with Crippen LogP contribution in [0.5, 0.6) is 0 Å². The number of benzene rings is 1. The fourth-order valence-corrected chi connectivity index (χ4v) is 3.29. The number of esters is 1. The zero-order chi connectivity index (χ0) is 16.4. The zero-order valence-corrected chi connectivity index (χ0v) is 13.9. The molecule has 1 aromatic carbocycles. The average Bonchev–Trinajstić information content (AvgIpc) is 3.03. The molecule has 5 heteroatoms. The topological polar surface area (TPSA) is 47.4 Å². The monoisotopic (exact) mass is 313 g/mol. The highest BCUT2D eigenvalue weighted by Gasteiger charge is 2.31. The first-order chi connectivity index (χ1) is 11.1. The highest BCUT2D eigenvalue weighted by Crippen LogP contribution is 2.36. The number of rotatable bonds is 4.